The van der Waals surface area contributed by atoms with Crippen LogP contribution in [0.3, 0.4) is 0 Å². The van der Waals surface area contributed by atoms with Gasteiger partial charge in [0.05, 0.1) is 26.2 Å². The molecule has 0 unspecified atom stereocenters. The fraction of sp³-hybridized carbons (Fsp3) is 0.455. The van der Waals surface area contributed by atoms with Crippen molar-refractivity contribution in [2.45, 2.75) is 13.3 Å². The molecule has 0 saturated carbocycles. The summed E-state index contributed by atoms with van der Waals surface area (Å²) >= 11 is 0. The Balaban J connectivity index is 3.13. The minimum atomic E-state index is -0.442. The Bertz CT molecular complexity index is 420. The van der Waals surface area contributed by atoms with Gasteiger partial charge in [-0.15, -0.1) is 0 Å². The Kier molecular flexibility index (Phi) is 3.71. The molecule has 0 bridgehead atoms. The van der Waals surface area contributed by atoms with Crippen molar-refractivity contribution in [1.29, 1.82) is 0 Å². The van der Waals surface area contributed by atoms with Crippen LogP contribution in [0.25, 0.3) is 0 Å². The van der Waals surface area contributed by atoms with Crippen molar-refractivity contribution in [3.8, 4) is 0 Å². The summed E-state index contributed by atoms with van der Waals surface area (Å²) in [6, 6.07) is 1.70. The molecule has 1 rings (SSSR count). The van der Waals surface area contributed by atoms with Crippen LogP contribution in [0.4, 0.5) is 0 Å². The second-order valence-electron chi connectivity index (χ2n) is 3.45. The molecule has 0 radical (unpaired) electrons. The van der Waals surface area contributed by atoms with Crippen molar-refractivity contribution in [2.24, 2.45) is 7.05 Å². The van der Waals surface area contributed by atoms with Gasteiger partial charge in [0.25, 0.3) is 0 Å². The predicted molar refractivity (Wildman–Crippen MR) is 57.2 cm³/mol. The van der Waals surface area contributed by atoms with E-state index in [1.54, 1.807) is 17.7 Å². The van der Waals surface area contributed by atoms with E-state index >= 15 is 0 Å². The summed E-state index contributed by atoms with van der Waals surface area (Å²) < 4.78 is 11.0. The Morgan fingerprint density at radius 1 is 1.31 bits per heavy atom. The summed E-state index contributed by atoms with van der Waals surface area (Å²) in [5.74, 6) is -0.825. The van der Waals surface area contributed by atoms with Crippen LogP contribution in [0.1, 0.15) is 21.7 Å². The van der Waals surface area contributed by atoms with E-state index in [2.05, 4.69) is 9.47 Å². The molecule has 0 aliphatic heterocycles. The molecular formula is C11H15NO4. The number of hydrogen-bond donors (Lipinski definition) is 0. The van der Waals surface area contributed by atoms with Crippen molar-refractivity contribution < 1.29 is 19.1 Å². The molecule has 1 aromatic rings. The number of carbonyl (C=O) groups excluding carboxylic acids is 2. The molecule has 0 saturated heterocycles. The molecule has 5 nitrogen and oxygen atoms in total. The van der Waals surface area contributed by atoms with E-state index in [0.29, 0.717) is 11.3 Å². The lowest BCUT2D eigenvalue weighted by molar-refractivity contribution is -0.139. The number of hydrogen-bond acceptors (Lipinski definition) is 4. The minimum Gasteiger partial charge on any atom is -0.469 e. The fourth-order valence-electron chi connectivity index (χ4n) is 1.49. The van der Waals surface area contributed by atoms with Gasteiger partial charge in [0.15, 0.2) is 0 Å². The standard InChI is InChI=1S/C11H15NO4/c1-7-5-8(11(14)16-4)9(12(7)2)6-10(13)15-3/h5H,6H2,1-4H3. The van der Waals surface area contributed by atoms with Crippen LogP contribution in [-0.4, -0.2) is 30.7 Å². The van der Waals surface area contributed by atoms with Crippen LogP contribution in [0.5, 0.6) is 0 Å². The molecule has 0 aromatic carbocycles. The molecule has 1 heterocycles. The number of carbonyl (C=O) groups is 2. The maximum atomic E-state index is 11.5. The molecule has 0 aliphatic rings. The number of aromatic nitrogens is 1. The zero-order valence-corrected chi connectivity index (χ0v) is 9.86. The third kappa shape index (κ3) is 2.24. The lowest BCUT2D eigenvalue weighted by Gasteiger charge is -2.06. The van der Waals surface area contributed by atoms with Gasteiger partial charge < -0.3 is 14.0 Å². The van der Waals surface area contributed by atoms with Crippen LogP contribution in [0.2, 0.25) is 0 Å². The van der Waals surface area contributed by atoms with Crippen LogP contribution < -0.4 is 0 Å². The zero-order valence-electron chi connectivity index (χ0n) is 9.86. The number of methoxy groups -OCH3 is 2. The molecule has 0 atom stereocenters. The second kappa shape index (κ2) is 4.83. The van der Waals surface area contributed by atoms with Crippen LogP contribution in [-0.2, 0) is 27.7 Å². The first-order valence-corrected chi connectivity index (χ1v) is 4.81. The SMILES string of the molecule is COC(=O)Cc1c(C(=O)OC)cc(C)n1C. The highest BCUT2D eigenvalue weighted by Gasteiger charge is 2.19. The fourth-order valence-corrected chi connectivity index (χ4v) is 1.49. The first-order valence-electron chi connectivity index (χ1n) is 4.81. The van der Waals surface area contributed by atoms with E-state index in [1.807, 2.05) is 6.92 Å². The monoisotopic (exact) mass is 225 g/mol. The van der Waals surface area contributed by atoms with Gasteiger partial charge in [0.2, 0.25) is 0 Å². The highest BCUT2D eigenvalue weighted by Crippen LogP contribution is 2.16. The van der Waals surface area contributed by atoms with Gasteiger partial charge in [-0.25, -0.2) is 4.79 Å². The maximum Gasteiger partial charge on any atom is 0.339 e. The normalized spacial score (nSPS) is 10.0. The Labute approximate surface area is 94.0 Å². The van der Waals surface area contributed by atoms with Crippen LogP contribution in [0, 0.1) is 6.92 Å². The topological polar surface area (TPSA) is 57.5 Å². The van der Waals surface area contributed by atoms with Gasteiger partial charge in [-0.1, -0.05) is 0 Å². The molecule has 5 heteroatoms. The number of ether oxygens (including phenoxy) is 2. The van der Waals surface area contributed by atoms with Crippen LogP contribution in [0.15, 0.2) is 6.07 Å². The highest BCUT2D eigenvalue weighted by molar-refractivity contribution is 5.92. The Morgan fingerprint density at radius 3 is 2.44 bits per heavy atom. The largest absolute Gasteiger partial charge is 0.469 e. The molecule has 0 spiro atoms. The van der Waals surface area contributed by atoms with Gasteiger partial charge in [-0.05, 0) is 13.0 Å². The second-order valence-corrected chi connectivity index (χ2v) is 3.45. The molecule has 16 heavy (non-hydrogen) atoms. The van der Waals surface area contributed by atoms with Gasteiger partial charge in [0.1, 0.15) is 0 Å². The molecule has 0 fully saturated rings. The molecular weight excluding hydrogens is 210 g/mol. The molecule has 0 aliphatic carbocycles. The van der Waals surface area contributed by atoms with E-state index in [1.165, 1.54) is 14.2 Å². The quantitative estimate of drug-likeness (QED) is 0.715. The van der Waals surface area contributed by atoms with Crippen molar-refractivity contribution in [3.63, 3.8) is 0 Å². The summed E-state index contributed by atoms with van der Waals surface area (Å²) in [5, 5.41) is 0. The molecule has 88 valence electrons. The van der Waals surface area contributed by atoms with E-state index in [0.717, 1.165) is 5.69 Å². The van der Waals surface area contributed by atoms with E-state index < -0.39 is 5.97 Å². The summed E-state index contributed by atoms with van der Waals surface area (Å²) in [6.45, 7) is 1.85. The zero-order chi connectivity index (χ0) is 12.3. The number of esters is 2. The summed E-state index contributed by atoms with van der Waals surface area (Å²) in [6.07, 6.45) is 0.0608. The highest BCUT2D eigenvalue weighted by atomic mass is 16.5. The number of aryl methyl sites for hydroxylation is 1. The third-order valence-corrected chi connectivity index (χ3v) is 2.54. The molecule has 0 amide bonds. The summed E-state index contributed by atoms with van der Waals surface area (Å²) in [4.78, 5) is 22.7. The van der Waals surface area contributed by atoms with Crippen molar-refractivity contribution in [2.75, 3.05) is 14.2 Å². The number of nitrogens with zero attached hydrogens (tertiary/aromatic N) is 1. The van der Waals surface area contributed by atoms with Crippen molar-refractivity contribution in [3.05, 3.63) is 23.0 Å². The number of rotatable bonds is 3. The lowest BCUT2D eigenvalue weighted by atomic mass is 10.2. The van der Waals surface area contributed by atoms with Gasteiger partial charge >= 0.3 is 11.9 Å². The first-order chi connectivity index (χ1) is 7.51. The summed E-state index contributed by atoms with van der Waals surface area (Å²) in [7, 11) is 4.42. The van der Waals surface area contributed by atoms with Gasteiger partial charge in [-0.2, -0.15) is 0 Å². The maximum absolute atomic E-state index is 11.5. The van der Waals surface area contributed by atoms with E-state index in [9.17, 15) is 9.59 Å². The predicted octanol–water partition coefficient (Wildman–Crippen LogP) is 0.836. The van der Waals surface area contributed by atoms with Gasteiger partial charge in [0, 0.05) is 18.4 Å². The Morgan fingerprint density at radius 2 is 1.94 bits per heavy atom. The Hall–Kier alpha value is -1.78. The van der Waals surface area contributed by atoms with E-state index in [4.69, 9.17) is 0 Å². The smallest absolute Gasteiger partial charge is 0.339 e. The summed E-state index contributed by atoms with van der Waals surface area (Å²) in [5.41, 5.74) is 1.91. The van der Waals surface area contributed by atoms with Crippen molar-refractivity contribution >= 4 is 11.9 Å². The van der Waals surface area contributed by atoms with Crippen LogP contribution >= 0.6 is 0 Å². The molecule has 1 aromatic heterocycles. The average molecular weight is 225 g/mol. The van der Waals surface area contributed by atoms with Crippen molar-refractivity contribution in [1.82, 2.24) is 4.57 Å². The third-order valence-electron chi connectivity index (χ3n) is 2.54. The van der Waals surface area contributed by atoms with E-state index in [-0.39, 0.29) is 12.4 Å². The molecule has 0 N–H and O–H groups in total. The average Bonchev–Trinajstić information content (AvgIpc) is 2.56. The lowest BCUT2D eigenvalue weighted by Crippen LogP contribution is -2.13. The first kappa shape index (κ1) is 12.3. The van der Waals surface area contributed by atoms with Gasteiger partial charge in [-0.3, -0.25) is 4.79 Å². The minimum absolute atomic E-state index is 0.0608.